The first-order valence-corrected chi connectivity index (χ1v) is 8.11. The predicted octanol–water partition coefficient (Wildman–Crippen LogP) is 1.95. The Labute approximate surface area is 138 Å². The van der Waals surface area contributed by atoms with E-state index in [4.69, 9.17) is 4.52 Å². The van der Waals surface area contributed by atoms with E-state index >= 15 is 0 Å². The fourth-order valence-corrected chi connectivity index (χ4v) is 3.25. The number of benzene rings is 1. The molecule has 0 radical (unpaired) electrons. The normalized spacial score (nSPS) is 24.5. The van der Waals surface area contributed by atoms with E-state index in [9.17, 15) is 15.5 Å². The Morgan fingerprint density at radius 1 is 1.33 bits per heavy atom. The first kappa shape index (κ1) is 15.5. The van der Waals surface area contributed by atoms with Crippen LogP contribution in [0.15, 0.2) is 28.8 Å². The van der Waals surface area contributed by atoms with Gasteiger partial charge in [-0.1, -0.05) is 23.4 Å². The number of nitrogens with zero attached hydrogens (tertiary/aromatic N) is 4. The highest BCUT2D eigenvalue weighted by molar-refractivity contribution is 5.51. The summed E-state index contributed by atoms with van der Waals surface area (Å²) in [5, 5.41) is 34.5. The second-order valence-corrected chi connectivity index (χ2v) is 6.50. The number of aliphatic hydroxyl groups is 1. The van der Waals surface area contributed by atoms with Crippen LogP contribution in [-0.4, -0.2) is 38.0 Å². The highest BCUT2D eigenvalue weighted by Crippen LogP contribution is 2.40. The molecule has 1 saturated carbocycles. The average molecular weight is 331 g/mol. The summed E-state index contributed by atoms with van der Waals surface area (Å²) < 4.78 is 5.41. The summed E-state index contributed by atoms with van der Waals surface area (Å²) in [5.74, 6) is 1.66. The van der Waals surface area contributed by atoms with Crippen LogP contribution in [-0.2, 0) is 6.54 Å². The van der Waals surface area contributed by atoms with Gasteiger partial charge in [-0.2, -0.15) is 4.98 Å². The quantitative estimate of drug-likeness (QED) is 0.800. The number of rotatable bonds is 5. The third kappa shape index (κ3) is 3.01. The van der Waals surface area contributed by atoms with Crippen LogP contribution in [0.25, 0.3) is 0 Å². The average Bonchev–Trinajstić information content (AvgIpc) is 3.18. The van der Waals surface area contributed by atoms with Gasteiger partial charge in [0, 0.05) is 19.0 Å². The fraction of sp³-hybridized carbons (Fsp3) is 0.500. The van der Waals surface area contributed by atoms with Gasteiger partial charge in [-0.15, -0.1) is 0 Å². The maximum atomic E-state index is 11.3. The lowest BCUT2D eigenvalue weighted by atomic mass is 10.1. The molecule has 8 nitrogen and oxygen atoms in total. The molecule has 2 aliphatic rings. The molecule has 2 fully saturated rings. The maximum Gasteiger partial charge on any atom is 0.244 e. The molecule has 0 unspecified atom stereocenters. The van der Waals surface area contributed by atoms with Gasteiger partial charge in [0.1, 0.15) is 0 Å². The minimum atomic E-state index is -0.490. The van der Waals surface area contributed by atoms with Crippen molar-refractivity contribution in [2.75, 3.05) is 11.8 Å². The molecule has 2 N–H and O–H groups in total. The van der Waals surface area contributed by atoms with Crippen molar-refractivity contribution in [2.45, 2.75) is 43.9 Å². The van der Waals surface area contributed by atoms with Crippen molar-refractivity contribution in [1.82, 2.24) is 15.0 Å². The third-order valence-corrected chi connectivity index (χ3v) is 4.64. The Kier molecular flexibility index (Phi) is 3.97. The van der Waals surface area contributed by atoms with Gasteiger partial charge < -0.3 is 20.1 Å². The van der Waals surface area contributed by atoms with Crippen LogP contribution in [0.3, 0.4) is 0 Å². The van der Waals surface area contributed by atoms with E-state index in [0.717, 1.165) is 18.7 Å². The molecule has 2 atom stereocenters. The monoisotopic (exact) mass is 331 g/mol. The molecule has 0 spiro atoms. The Balaban J connectivity index is 1.56. The molecule has 1 aliphatic heterocycles. The van der Waals surface area contributed by atoms with Gasteiger partial charge in [0.15, 0.2) is 5.82 Å². The predicted molar refractivity (Wildman–Crippen MR) is 84.1 cm³/mol. The van der Waals surface area contributed by atoms with Gasteiger partial charge in [-0.25, -0.2) is 0 Å². The second kappa shape index (κ2) is 6.14. The number of hydrogen-bond donors (Lipinski definition) is 2. The maximum absolute atomic E-state index is 11.3. The molecule has 0 bridgehead atoms. The van der Waals surface area contributed by atoms with Crippen LogP contribution >= 0.6 is 0 Å². The molecular formula is C16H19N4O4-. The van der Waals surface area contributed by atoms with Crippen LogP contribution in [0.2, 0.25) is 0 Å². The highest BCUT2D eigenvalue weighted by Gasteiger charge is 2.37. The van der Waals surface area contributed by atoms with Crippen molar-refractivity contribution in [3.63, 3.8) is 0 Å². The molecule has 1 saturated heterocycles. The summed E-state index contributed by atoms with van der Waals surface area (Å²) in [5.41, 5.74) is 0.873. The standard InChI is InChI=1S/C16H19N4O4/c21-12-7-14(16-17-15(18-24-16)10-5-6-10)19(9-12)8-11-3-1-2-4-13(11)20(22)23/h1-4,10,12,14,21-22H,5-9H2/q-1/t12-,14+/m1/s1. The largest absolute Gasteiger partial charge is 0.733 e. The molecule has 128 valence electrons. The van der Waals surface area contributed by atoms with Crippen LogP contribution in [0, 0.1) is 5.21 Å². The number of β-amino-alcohol motifs (C(OH)–C–C–N with tert-alkyl or cyclic N) is 1. The zero-order valence-electron chi connectivity index (χ0n) is 13.1. The van der Waals surface area contributed by atoms with E-state index in [1.54, 1.807) is 18.2 Å². The topological polar surface area (TPSA) is 109 Å². The van der Waals surface area contributed by atoms with E-state index in [0.29, 0.717) is 36.9 Å². The second-order valence-electron chi connectivity index (χ2n) is 6.50. The number of hydrogen-bond acceptors (Lipinski definition) is 8. The van der Waals surface area contributed by atoms with Gasteiger partial charge in [0.2, 0.25) is 5.89 Å². The third-order valence-electron chi connectivity index (χ3n) is 4.64. The minimum absolute atomic E-state index is 0.130. The van der Waals surface area contributed by atoms with Gasteiger partial charge in [0.25, 0.3) is 0 Å². The Hall–Kier alpha value is -2.00. The van der Waals surface area contributed by atoms with E-state index in [1.807, 2.05) is 11.0 Å². The molecule has 1 aromatic heterocycles. The number of likely N-dealkylation sites (tertiary alicyclic amines) is 1. The lowest BCUT2D eigenvalue weighted by molar-refractivity contribution is 0.169. The van der Waals surface area contributed by atoms with Crippen LogP contribution < -0.4 is 5.23 Å². The highest BCUT2D eigenvalue weighted by atomic mass is 16.8. The van der Waals surface area contributed by atoms with Crippen molar-refractivity contribution >= 4 is 5.69 Å². The summed E-state index contributed by atoms with van der Waals surface area (Å²) >= 11 is 0. The molecule has 24 heavy (non-hydrogen) atoms. The van der Waals surface area contributed by atoms with Crippen molar-refractivity contribution in [3.05, 3.63) is 46.8 Å². The smallest absolute Gasteiger partial charge is 0.244 e. The summed E-state index contributed by atoms with van der Waals surface area (Å²) in [6, 6.07) is 6.65. The van der Waals surface area contributed by atoms with Gasteiger partial charge in [-0.3, -0.25) is 10.1 Å². The summed E-state index contributed by atoms with van der Waals surface area (Å²) in [6.07, 6.45) is 2.21. The molecule has 2 aromatic rings. The first-order valence-electron chi connectivity index (χ1n) is 8.11. The Bertz CT molecular complexity index is 716. The van der Waals surface area contributed by atoms with Gasteiger partial charge in [-0.05, 0) is 30.9 Å². The van der Waals surface area contributed by atoms with E-state index in [1.165, 1.54) is 0 Å². The molecule has 4 rings (SSSR count). The van der Waals surface area contributed by atoms with E-state index < -0.39 is 6.10 Å². The summed E-state index contributed by atoms with van der Waals surface area (Å²) in [4.78, 5) is 6.48. The lowest BCUT2D eigenvalue weighted by Crippen LogP contribution is -2.25. The summed E-state index contributed by atoms with van der Waals surface area (Å²) in [7, 11) is 0. The number of aromatic nitrogens is 2. The lowest BCUT2D eigenvalue weighted by Gasteiger charge is -2.27. The number of para-hydroxylation sites is 1. The summed E-state index contributed by atoms with van der Waals surface area (Å²) in [6.45, 7) is 0.850. The van der Waals surface area contributed by atoms with Gasteiger partial charge in [0.05, 0.1) is 17.8 Å². The van der Waals surface area contributed by atoms with Crippen molar-refractivity contribution in [3.8, 4) is 0 Å². The van der Waals surface area contributed by atoms with Crippen LogP contribution in [0.5, 0.6) is 0 Å². The van der Waals surface area contributed by atoms with Crippen LogP contribution in [0.1, 0.15) is 48.5 Å². The minimum Gasteiger partial charge on any atom is -0.733 e. The van der Waals surface area contributed by atoms with Gasteiger partial charge >= 0.3 is 0 Å². The molecule has 2 heterocycles. The van der Waals surface area contributed by atoms with Crippen LogP contribution in [0.4, 0.5) is 5.69 Å². The molecule has 1 aliphatic carbocycles. The number of aliphatic hydroxyl groups excluding tert-OH is 1. The molecule has 0 amide bonds. The zero-order valence-corrected chi connectivity index (χ0v) is 13.1. The van der Waals surface area contributed by atoms with Crippen molar-refractivity contribution < 1.29 is 14.8 Å². The fourth-order valence-electron chi connectivity index (χ4n) is 3.25. The molecular weight excluding hydrogens is 312 g/mol. The van der Waals surface area contributed by atoms with Crippen molar-refractivity contribution in [1.29, 1.82) is 0 Å². The zero-order chi connectivity index (χ0) is 16.7. The van der Waals surface area contributed by atoms with Crippen molar-refractivity contribution in [2.24, 2.45) is 0 Å². The van der Waals surface area contributed by atoms with E-state index in [2.05, 4.69) is 10.1 Å². The van der Waals surface area contributed by atoms with E-state index in [-0.39, 0.29) is 17.0 Å². The first-order chi connectivity index (χ1) is 11.6. The SMILES string of the molecule is [O-]N(O)c1ccccc1CN1C[C@H](O)C[C@H]1c1nc(C2CC2)no1. The Morgan fingerprint density at radius 3 is 2.88 bits per heavy atom. The molecule has 1 aromatic carbocycles. The Morgan fingerprint density at radius 2 is 2.12 bits per heavy atom. The number of anilines is 1. The molecule has 8 heteroatoms.